The molecule has 0 aliphatic carbocycles. The summed E-state index contributed by atoms with van der Waals surface area (Å²) in [4.78, 5) is 18.0. The lowest BCUT2D eigenvalue weighted by Crippen LogP contribution is -2.18. The second kappa shape index (κ2) is 6.64. The number of H-pyrrole nitrogens is 1. The molecule has 140 valence electrons. The summed E-state index contributed by atoms with van der Waals surface area (Å²) in [6, 6.07) is 12.6. The van der Waals surface area contributed by atoms with Crippen molar-refractivity contribution in [2.75, 3.05) is 18.0 Å². The van der Waals surface area contributed by atoms with E-state index in [0.717, 1.165) is 31.6 Å². The van der Waals surface area contributed by atoms with Crippen molar-refractivity contribution in [3.63, 3.8) is 0 Å². The fraction of sp³-hybridized carbons (Fsp3) is 0.250. The third kappa shape index (κ3) is 3.77. The van der Waals surface area contributed by atoms with E-state index in [0.29, 0.717) is 22.2 Å². The van der Waals surface area contributed by atoms with Gasteiger partial charge in [-0.1, -0.05) is 12.1 Å². The Morgan fingerprint density at radius 1 is 1.00 bits per heavy atom. The van der Waals surface area contributed by atoms with Gasteiger partial charge < -0.3 is 14.6 Å². The van der Waals surface area contributed by atoms with E-state index in [9.17, 15) is 18.0 Å². The first-order valence-corrected chi connectivity index (χ1v) is 8.67. The van der Waals surface area contributed by atoms with Crippen molar-refractivity contribution in [2.45, 2.75) is 19.2 Å². The Morgan fingerprint density at radius 2 is 1.78 bits per heavy atom. The molecule has 1 saturated heterocycles. The molecule has 4 nitrogen and oxygen atoms in total. The lowest BCUT2D eigenvalue weighted by atomic mass is 10.1. The molecular formula is C20H17F3N2O2. The highest BCUT2D eigenvalue weighted by molar-refractivity contribution is 5.85. The van der Waals surface area contributed by atoms with Gasteiger partial charge in [-0.05, 0) is 43.2 Å². The molecule has 27 heavy (non-hydrogen) atoms. The van der Waals surface area contributed by atoms with Gasteiger partial charge in [-0.3, -0.25) is 4.79 Å². The molecule has 3 aromatic rings. The third-order valence-corrected chi connectivity index (χ3v) is 4.66. The number of alkyl halides is 3. The third-order valence-electron chi connectivity index (χ3n) is 4.66. The lowest BCUT2D eigenvalue weighted by molar-refractivity contribution is -0.274. The van der Waals surface area contributed by atoms with Crippen LogP contribution in [0.2, 0.25) is 0 Å². The van der Waals surface area contributed by atoms with Crippen LogP contribution in [0.3, 0.4) is 0 Å². The van der Waals surface area contributed by atoms with Crippen molar-refractivity contribution in [2.24, 2.45) is 0 Å². The minimum atomic E-state index is -4.76. The van der Waals surface area contributed by atoms with Crippen LogP contribution in [0.15, 0.2) is 53.3 Å². The number of ether oxygens (including phenoxy) is 1. The lowest BCUT2D eigenvalue weighted by Gasteiger charge is -2.18. The number of nitrogens with zero attached hydrogens (tertiary/aromatic N) is 1. The van der Waals surface area contributed by atoms with E-state index in [-0.39, 0.29) is 11.2 Å². The zero-order valence-electron chi connectivity index (χ0n) is 14.3. The molecule has 0 unspecified atom stereocenters. The Hall–Kier alpha value is -2.96. The minimum Gasteiger partial charge on any atom is -0.406 e. The van der Waals surface area contributed by atoms with Gasteiger partial charge in [0.2, 0.25) is 0 Å². The van der Waals surface area contributed by atoms with E-state index >= 15 is 0 Å². The van der Waals surface area contributed by atoms with Gasteiger partial charge in [0.05, 0.1) is 0 Å². The number of hydrogen-bond donors (Lipinski definition) is 1. The van der Waals surface area contributed by atoms with Gasteiger partial charge in [-0.2, -0.15) is 0 Å². The number of hydrogen-bond acceptors (Lipinski definition) is 3. The summed E-state index contributed by atoms with van der Waals surface area (Å²) >= 11 is 0. The summed E-state index contributed by atoms with van der Waals surface area (Å²) in [7, 11) is 0. The molecule has 1 fully saturated rings. The van der Waals surface area contributed by atoms with E-state index in [2.05, 4.69) is 14.6 Å². The van der Waals surface area contributed by atoms with Gasteiger partial charge in [-0.25, -0.2) is 0 Å². The van der Waals surface area contributed by atoms with Crippen molar-refractivity contribution in [3.05, 3.63) is 58.8 Å². The molecule has 2 aromatic carbocycles. The number of fused-ring (bicyclic) bond motifs is 1. The Morgan fingerprint density at radius 3 is 2.52 bits per heavy atom. The molecule has 2 heterocycles. The topological polar surface area (TPSA) is 45.3 Å². The maximum Gasteiger partial charge on any atom is 0.573 e. The summed E-state index contributed by atoms with van der Waals surface area (Å²) in [5.74, 6) is -0.328. The fourth-order valence-electron chi connectivity index (χ4n) is 3.42. The maximum atomic E-state index is 12.6. The Bertz CT molecular complexity index is 1040. The van der Waals surface area contributed by atoms with Crippen LogP contribution < -0.4 is 15.1 Å². The van der Waals surface area contributed by atoms with Crippen molar-refractivity contribution in [1.29, 1.82) is 0 Å². The van der Waals surface area contributed by atoms with Crippen molar-refractivity contribution in [1.82, 2.24) is 4.98 Å². The Kier molecular flexibility index (Phi) is 4.30. The highest BCUT2D eigenvalue weighted by atomic mass is 19.4. The van der Waals surface area contributed by atoms with Gasteiger partial charge >= 0.3 is 6.36 Å². The van der Waals surface area contributed by atoms with Gasteiger partial charge in [0, 0.05) is 47.0 Å². The molecule has 0 spiro atoms. The fourth-order valence-corrected chi connectivity index (χ4v) is 3.42. The van der Waals surface area contributed by atoms with E-state index in [1.54, 1.807) is 6.07 Å². The predicted octanol–water partition coefficient (Wildman–Crippen LogP) is 4.69. The molecule has 0 amide bonds. The molecule has 1 aromatic heterocycles. The first kappa shape index (κ1) is 17.5. The van der Waals surface area contributed by atoms with E-state index in [1.807, 2.05) is 18.2 Å². The van der Waals surface area contributed by atoms with Crippen LogP contribution in [0.5, 0.6) is 5.75 Å². The largest absolute Gasteiger partial charge is 0.573 e. The van der Waals surface area contributed by atoms with Crippen molar-refractivity contribution < 1.29 is 17.9 Å². The molecule has 4 rings (SSSR count). The minimum absolute atomic E-state index is 0.179. The second-order valence-corrected chi connectivity index (χ2v) is 6.55. The summed E-state index contributed by atoms with van der Waals surface area (Å²) in [5.41, 5.74) is 2.36. The second-order valence-electron chi connectivity index (χ2n) is 6.55. The van der Waals surface area contributed by atoms with Gasteiger partial charge in [0.25, 0.3) is 0 Å². The molecular weight excluding hydrogens is 357 g/mol. The number of pyridine rings is 1. The Balaban J connectivity index is 1.72. The first-order chi connectivity index (χ1) is 12.9. The molecule has 1 aliphatic rings. The first-order valence-electron chi connectivity index (χ1n) is 8.67. The molecule has 0 atom stereocenters. The highest BCUT2D eigenvalue weighted by Gasteiger charge is 2.31. The predicted molar refractivity (Wildman–Crippen MR) is 98.1 cm³/mol. The van der Waals surface area contributed by atoms with E-state index < -0.39 is 6.36 Å². The molecule has 0 bridgehead atoms. The van der Waals surface area contributed by atoms with Gasteiger partial charge in [-0.15, -0.1) is 13.2 Å². The summed E-state index contributed by atoms with van der Waals surface area (Å²) in [5, 5.41) is 0.561. The number of halogens is 3. The van der Waals surface area contributed by atoms with Crippen LogP contribution in [-0.2, 0) is 0 Å². The number of aromatic nitrogens is 1. The highest BCUT2D eigenvalue weighted by Crippen LogP contribution is 2.28. The SMILES string of the molecule is O=c1cc(-c2cccc(OC(F)(F)F)c2)[nH]c2ccc(N3CCCC3)cc12. The number of aromatic amines is 1. The monoisotopic (exact) mass is 374 g/mol. The molecule has 0 radical (unpaired) electrons. The van der Waals surface area contributed by atoms with Crippen LogP contribution in [-0.4, -0.2) is 24.4 Å². The molecule has 1 aliphatic heterocycles. The standard InChI is InChI=1S/C20H17F3N2O2/c21-20(22,23)27-15-5-3-4-13(10-15)18-12-19(26)16-11-14(6-7-17(16)24-18)25-8-1-2-9-25/h3-7,10-12H,1-2,8-9H2,(H,24,26). The molecule has 0 saturated carbocycles. The zero-order valence-corrected chi connectivity index (χ0v) is 14.3. The average Bonchev–Trinajstić information content (AvgIpc) is 3.15. The molecule has 7 heteroatoms. The normalized spacial score (nSPS) is 14.7. The number of rotatable bonds is 3. The number of benzene rings is 2. The maximum absolute atomic E-state index is 12.6. The van der Waals surface area contributed by atoms with Gasteiger partial charge in [0.15, 0.2) is 5.43 Å². The number of nitrogens with one attached hydrogen (secondary N) is 1. The smallest absolute Gasteiger partial charge is 0.406 e. The Labute approximate surface area is 153 Å². The zero-order chi connectivity index (χ0) is 19.0. The van der Waals surface area contributed by atoms with Gasteiger partial charge in [0.1, 0.15) is 5.75 Å². The van der Waals surface area contributed by atoms with Crippen LogP contribution >= 0.6 is 0 Å². The molecule has 1 N–H and O–H groups in total. The van der Waals surface area contributed by atoms with E-state index in [4.69, 9.17) is 0 Å². The summed E-state index contributed by atoms with van der Waals surface area (Å²) in [6.45, 7) is 1.96. The quantitative estimate of drug-likeness (QED) is 0.723. The summed E-state index contributed by atoms with van der Waals surface area (Å²) in [6.07, 6.45) is -2.48. The van der Waals surface area contributed by atoms with Crippen molar-refractivity contribution in [3.8, 4) is 17.0 Å². The van der Waals surface area contributed by atoms with Crippen LogP contribution in [0.25, 0.3) is 22.2 Å². The van der Waals surface area contributed by atoms with Crippen LogP contribution in [0.1, 0.15) is 12.8 Å². The summed E-state index contributed by atoms with van der Waals surface area (Å²) < 4.78 is 41.2. The number of anilines is 1. The van der Waals surface area contributed by atoms with Crippen LogP contribution in [0.4, 0.5) is 18.9 Å². The van der Waals surface area contributed by atoms with E-state index in [1.165, 1.54) is 24.3 Å². The van der Waals surface area contributed by atoms with Crippen molar-refractivity contribution >= 4 is 16.6 Å². The average molecular weight is 374 g/mol. The van der Waals surface area contributed by atoms with Crippen LogP contribution in [0, 0.1) is 0 Å².